The van der Waals surface area contributed by atoms with Crippen LogP contribution in [-0.4, -0.2) is 81.2 Å². The summed E-state index contributed by atoms with van der Waals surface area (Å²) in [6.45, 7) is 11.6. The van der Waals surface area contributed by atoms with Gasteiger partial charge in [0.25, 0.3) is 0 Å². The standard InChI is InChI=1S/C29H42N3O6.3CH3.Sn/c1-26(2)20(12-14-28(26,5)24(35)36)22(33)31(7)16-18-10-9-11-19(30-18)17-32(8)23(34)21-13-15-29(6,25(37)38)27(21,3)4;;;;/h10-11,20-21H,12-17H2,1-8H3,(H,35,36)(H,37,38);3*1H3;. The third kappa shape index (κ3) is 5.83. The van der Waals surface area contributed by atoms with Crippen molar-refractivity contribution in [2.24, 2.45) is 33.5 Å². The molecule has 2 amide bonds. The van der Waals surface area contributed by atoms with Gasteiger partial charge in [0.2, 0.25) is 0 Å². The van der Waals surface area contributed by atoms with Crippen molar-refractivity contribution in [2.75, 3.05) is 14.1 Å². The number of hydrogen-bond donors (Lipinski definition) is 2. The molecular weight excluding hydrogens is 641 g/mol. The van der Waals surface area contributed by atoms with E-state index in [1.807, 2.05) is 27.7 Å². The zero-order valence-corrected chi connectivity index (χ0v) is 30.3. The number of hydrogen-bond acceptors (Lipinski definition) is 5. The molecule has 3 rings (SSSR count). The number of rotatable bonds is 9. The van der Waals surface area contributed by atoms with Crippen LogP contribution in [0.3, 0.4) is 0 Å². The summed E-state index contributed by atoms with van der Waals surface area (Å²) < 4.78 is 1.24. The summed E-state index contributed by atoms with van der Waals surface area (Å²) in [5.41, 5.74) is -1.81. The van der Waals surface area contributed by atoms with Crippen LogP contribution in [-0.2, 0) is 32.3 Å². The molecule has 2 saturated carbocycles. The number of aliphatic carboxylic acids is 2. The van der Waals surface area contributed by atoms with Gasteiger partial charge >= 0.3 is 256 Å². The number of amides is 2. The molecule has 4 atom stereocenters. The first-order chi connectivity index (χ1) is 19.0. The van der Waals surface area contributed by atoms with E-state index in [0.29, 0.717) is 38.8 Å². The summed E-state index contributed by atoms with van der Waals surface area (Å²) in [6, 6.07) is 4.18. The number of carboxylic acids is 2. The van der Waals surface area contributed by atoms with Crippen molar-refractivity contribution >= 4 is 45.7 Å². The van der Waals surface area contributed by atoms with Gasteiger partial charge in [-0.2, -0.15) is 0 Å². The van der Waals surface area contributed by atoms with Gasteiger partial charge in [-0.25, -0.2) is 0 Å². The Labute approximate surface area is 255 Å². The van der Waals surface area contributed by atoms with Crippen molar-refractivity contribution in [2.45, 2.75) is 95.1 Å². The van der Waals surface area contributed by atoms with Crippen molar-refractivity contribution in [1.29, 1.82) is 0 Å². The molecule has 0 saturated heterocycles. The fraction of sp³-hybridized carbons (Fsp3) is 0.719. The summed E-state index contributed by atoms with van der Waals surface area (Å²) in [7, 11) is 3.50. The molecule has 9 nitrogen and oxygen atoms in total. The molecule has 2 N–H and O–H groups in total. The van der Waals surface area contributed by atoms with Gasteiger partial charge in [-0.15, -0.1) is 0 Å². The average Bonchev–Trinajstić information content (AvgIpc) is 3.26. The second-order valence-corrected chi connectivity index (χ2v) is 29.9. The summed E-state index contributed by atoms with van der Waals surface area (Å²) >= 11 is -2.60. The first-order valence-electron chi connectivity index (χ1n) is 15.0. The van der Waals surface area contributed by atoms with Crippen molar-refractivity contribution in [3.63, 3.8) is 0 Å². The van der Waals surface area contributed by atoms with E-state index >= 15 is 0 Å². The monoisotopic (exact) mass is 693 g/mol. The first kappa shape index (κ1) is 34.3. The third-order valence-electron chi connectivity index (χ3n) is 11.3. The van der Waals surface area contributed by atoms with E-state index in [-0.39, 0.29) is 11.8 Å². The topological polar surface area (TPSA) is 128 Å². The van der Waals surface area contributed by atoms with Crippen LogP contribution in [0.1, 0.15) is 78.6 Å². The van der Waals surface area contributed by atoms with Crippen LogP contribution in [0.5, 0.6) is 0 Å². The normalized spacial score (nSPS) is 28.4. The fourth-order valence-electron chi connectivity index (χ4n) is 7.05. The Balaban J connectivity index is 1.84. The Hall–Kier alpha value is -2.17. The Kier molecular flexibility index (Phi) is 9.31. The molecular formula is C32H51N3O6Sn. The molecule has 1 aromatic heterocycles. The van der Waals surface area contributed by atoms with Gasteiger partial charge in [0.1, 0.15) is 0 Å². The molecule has 10 heteroatoms. The maximum absolute atomic E-state index is 13.6. The minimum absolute atomic E-state index is 0.0739. The van der Waals surface area contributed by atoms with Crippen LogP contribution in [0.15, 0.2) is 12.1 Å². The number of aromatic nitrogens is 1. The number of carbonyl (C=O) groups is 4. The maximum atomic E-state index is 13.6. The fourth-order valence-corrected chi connectivity index (χ4v) is 10.5. The number of pyridine rings is 1. The second-order valence-electron chi connectivity index (χ2n) is 15.4. The average molecular weight is 692 g/mol. The van der Waals surface area contributed by atoms with Gasteiger partial charge in [0, 0.05) is 0 Å². The van der Waals surface area contributed by atoms with Crippen LogP contribution in [0, 0.1) is 33.5 Å². The molecule has 0 radical (unpaired) electrons. The van der Waals surface area contributed by atoms with Gasteiger partial charge in [-0.3, -0.25) is 0 Å². The molecule has 2 fully saturated rings. The molecule has 1 heterocycles. The van der Waals surface area contributed by atoms with Gasteiger partial charge in [-0.05, 0) is 0 Å². The quantitative estimate of drug-likeness (QED) is 0.363. The molecule has 42 heavy (non-hydrogen) atoms. The zero-order chi connectivity index (χ0) is 32.2. The molecule has 0 aliphatic heterocycles. The van der Waals surface area contributed by atoms with Crippen molar-refractivity contribution in [1.82, 2.24) is 14.8 Å². The van der Waals surface area contributed by atoms with Gasteiger partial charge in [0.15, 0.2) is 0 Å². The van der Waals surface area contributed by atoms with Crippen LogP contribution in [0.4, 0.5) is 0 Å². The van der Waals surface area contributed by atoms with Crippen molar-refractivity contribution in [3.8, 4) is 0 Å². The molecule has 4 unspecified atom stereocenters. The van der Waals surface area contributed by atoms with Crippen LogP contribution in [0.2, 0.25) is 14.8 Å². The Morgan fingerprint density at radius 2 is 1.10 bits per heavy atom. The van der Waals surface area contributed by atoms with E-state index in [1.165, 1.54) is 3.58 Å². The van der Waals surface area contributed by atoms with E-state index in [2.05, 4.69) is 27.0 Å². The van der Waals surface area contributed by atoms with Gasteiger partial charge in [-0.1, -0.05) is 0 Å². The molecule has 2 aliphatic carbocycles. The van der Waals surface area contributed by atoms with E-state index in [0.717, 1.165) is 11.4 Å². The molecule has 2 aliphatic rings. The molecule has 234 valence electrons. The third-order valence-corrected chi connectivity index (χ3v) is 17.1. The summed E-state index contributed by atoms with van der Waals surface area (Å²) in [6.07, 6.45) is 1.97. The Bertz CT molecular complexity index is 1180. The summed E-state index contributed by atoms with van der Waals surface area (Å²) in [4.78, 5) is 66.6. The Morgan fingerprint density at radius 3 is 1.36 bits per heavy atom. The van der Waals surface area contributed by atoms with E-state index < -0.39 is 63.8 Å². The predicted octanol–water partition coefficient (Wildman–Crippen LogP) is 4.60. The van der Waals surface area contributed by atoms with Crippen molar-refractivity contribution < 1.29 is 29.4 Å². The molecule has 0 spiro atoms. The first-order valence-corrected chi connectivity index (χ1v) is 25.0. The van der Waals surface area contributed by atoms with E-state index in [1.54, 1.807) is 37.7 Å². The number of carbonyl (C=O) groups excluding carboxylic acids is 2. The van der Waals surface area contributed by atoms with Gasteiger partial charge in [0.05, 0.1) is 0 Å². The van der Waals surface area contributed by atoms with Gasteiger partial charge < -0.3 is 0 Å². The van der Waals surface area contributed by atoms with E-state index in [4.69, 9.17) is 4.98 Å². The predicted molar refractivity (Wildman–Crippen MR) is 165 cm³/mol. The minimum atomic E-state index is -2.60. The van der Waals surface area contributed by atoms with Crippen LogP contribution >= 0.6 is 0 Å². The Morgan fingerprint density at radius 1 is 0.762 bits per heavy atom. The molecule has 1 aromatic rings. The second kappa shape index (κ2) is 11.4. The SMILES string of the molecule is CN(Cc1c[c]([Sn]([CH3])([CH3])[CH3])cc(CN(C)C(=O)C2CCC(C)(C(=O)O)C2(C)C)n1)C(=O)C1CCC(C)(C(=O)O)C1(C)C. The summed E-state index contributed by atoms with van der Waals surface area (Å²) in [5.74, 6) is -2.68. The van der Waals surface area contributed by atoms with Crippen LogP contribution in [0.25, 0.3) is 0 Å². The van der Waals surface area contributed by atoms with Crippen molar-refractivity contribution in [3.05, 3.63) is 23.5 Å². The van der Waals surface area contributed by atoms with E-state index in [9.17, 15) is 29.4 Å². The molecule has 0 bridgehead atoms. The molecule has 0 aromatic carbocycles. The number of carboxylic acid groups (broad SMARTS) is 2. The van der Waals surface area contributed by atoms with Crippen LogP contribution < -0.4 is 3.58 Å². The number of nitrogens with zero attached hydrogens (tertiary/aromatic N) is 3. The zero-order valence-electron chi connectivity index (χ0n) is 27.4. The summed E-state index contributed by atoms with van der Waals surface area (Å²) in [5, 5.41) is 19.8.